The van der Waals surface area contributed by atoms with Gasteiger partial charge in [-0.25, -0.2) is 0 Å². The molecule has 0 radical (unpaired) electrons. The van der Waals surface area contributed by atoms with Crippen molar-refractivity contribution in [3.8, 4) is 0 Å². The van der Waals surface area contributed by atoms with Crippen LogP contribution in [-0.4, -0.2) is 41.5 Å². The number of hydrogen-bond donors (Lipinski definition) is 2. The summed E-state index contributed by atoms with van der Waals surface area (Å²) in [5, 5.41) is 11.6. The van der Waals surface area contributed by atoms with Gasteiger partial charge in [0.1, 0.15) is 0 Å². The summed E-state index contributed by atoms with van der Waals surface area (Å²) in [6, 6.07) is 0. The number of thioether (sulfide) groups is 1. The predicted octanol–water partition coefficient (Wildman–Crippen LogP) is 2.17. The van der Waals surface area contributed by atoms with Crippen LogP contribution in [0.15, 0.2) is 0 Å². The lowest BCUT2D eigenvalue weighted by molar-refractivity contribution is -0.201. The maximum absolute atomic E-state index is 12.0. The summed E-state index contributed by atoms with van der Waals surface area (Å²) in [6.07, 6.45) is -0.406. The molecule has 1 aliphatic rings. The largest absolute Gasteiger partial charge is 0.415 e. The molecule has 1 saturated carbocycles. The molecular weight excluding hydrogens is 239 g/mol. The first-order chi connectivity index (χ1) is 7.40. The normalized spacial score (nSPS) is 22.3. The van der Waals surface area contributed by atoms with Crippen LogP contribution >= 0.6 is 11.8 Å². The molecule has 96 valence electrons. The topological polar surface area (TPSA) is 32.3 Å². The SMILES string of the molecule is CSC1(CNCC(O)C(F)(F)F)CCCC1. The molecule has 6 heteroatoms. The number of aliphatic hydroxyl groups is 1. The fourth-order valence-electron chi connectivity index (χ4n) is 2.02. The van der Waals surface area contributed by atoms with E-state index < -0.39 is 18.8 Å². The minimum atomic E-state index is -4.52. The van der Waals surface area contributed by atoms with Gasteiger partial charge in [-0.1, -0.05) is 12.8 Å². The standard InChI is InChI=1S/C10H18F3NOS/c1-16-9(4-2-3-5-9)7-14-6-8(15)10(11,12)13/h8,14-15H,2-7H2,1H3. The van der Waals surface area contributed by atoms with Gasteiger partial charge in [-0.2, -0.15) is 24.9 Å². The second-order valence-corrected chi connectivity index (χ2v) is 5.56. The second kappa shape index (κ2) is 5.60. The van der Waals surface area contributed by atoms with Crippen LogP contribution in [0.1, 0.15) is 25.7 Å². The van der Waals surface area contributed by atoms with Crippen LogP contribution < -0.4 is 5.32 Å². The fraction of sp³-hybridized carbons (Fsp3) is 1.00. The Morgan fingerprint density at radius 2 is 1.94 bits per heavy atom. The van der Waals surface area contributed by atoms with E-state index >= 15 is 0 Å². The van der Waals surface area contributed by atoms with Crippen molar-refractivity contribution in [2.45, 2.75) is 42.7 Å². The smallest absolute Gasteiger partial charge is 0.382 e. The van der Waals surface area contributed by atoms with Gasteiger partial charge < -0.3 is 10.4 Å². The van der Waals surface area contributed by atoms with E-state index in [0.29, 0.717) is 6.54 Å². The van der Waals surface area contributed by atoms with Crippen LogP contribution in [0, 0.1) is 0 Å². The number of alkyl halides is 3. The van der Waals surface area contributed by atoms with Gasteiger partial charge in [-0.3, -0.25) is 0 Å². The van der Waals surface area contributed by atoms with Gasteiger partial charge >= 0.3 is 6.18 Å². The summed E-state index contributed by atoms with van der Waals surface area (Å²) >= 11 is 1.71. The quantitative estimate of drug-likeness (QED) is 0.791. The van der Waals surface area contributed by atoms with Crippen LogP contribution in [0.4, 0.5) is 13.2 Å². The van der Waals surface area contributed by atoms with E-state index in [-0.39, 0.29) is 4.75 Å². The Hall–Kier alpha value is 0.0600. The molecule has 0 spiro atoms. The van der Waals surface area contributed by atoms with Crippen molar-refractivity contribution in [2.24, 2.45) is 0 Å². The Balaban J connectivity index is 2.29. The van der Waals surface area contributed by atoms with Gasteiger partial charge in [0.2, 0.25) is 0 Å². The summed E-state index contributed by atoms with van der Waals surface area (Å²) in [5.41, 5.74) is 0. The highest BCUT2D eigenvalue weighted by molar-refractivity contribution is 8.00. The molecule has 1 rings (SSSR count). The van der Waals surface area contributed by atoms with Gasteiger partial charge in [0, 0.05) is 17.8 Å². The van der Waals surface area contributed by atoms with E-state index in [1.165, 1.54) is 0 Å². The molecule has 2 nitrogen and oxygen atoms in total. The van der Waals surface area contributed by atoms with Crippen molar-refractivity contribution in [1.29, 1.82) is 0 Å². The zero-order chi connectivity index (χ0) is 12.2. The number of halogens is 3. The third kappa shape index (κ3) is 3.82. The van der Waals surface area contributed by atoms with E-state index in [1.807, 2.05) is 6.26 Å². The Morgan fingerprint density at radius 3 is 2.38 bits per heavy atom. The average Bonchev–Trinajstić information content (AvgIpc) is 2.66. The number of hydrogen-bond acceptors (Lipinski definition) is 3. The monoisotopic (exact) mass is 257 g/mol. The molecule has 1 unspecified atom stereocenters. The first-order valence-electron chi connectivity index (χ1n) is 5.40. The third-order valence-electron chi connectivity index (χ3n) is 3.11. The van der Waals surface area contributed by atoms with Crippen LogP contribution in [0.2, 0.25) is 0 Å². The lowest BCUT2D eigenvalue weighted by Gasteiger charge is -2.27. The van der Waals surface area contributed by atoms with Crippen molar-refractivity contribution < 1.29 is 18.3 Å². The molecule has 16 heavy (non-hydrogen) atoms. The lowest BCUT2D eigenvalue weighted by atomic mass is 10.1. The highest BCUT2D eigenvalue weighted by Gasteiger charge is 2.39. The fourth-order valence-corrected chi connectivity index (χ4v) is 2.97. The minimum absolute atomic E-state index is 0.0747. The highest BCUT2D eigenvalue weighted by Crippen LogP contribution is 2.39. The first kappa shape index (κ1) is 14.1. The Morgan fingerprint density at radius 1 is 1.38 bits per heavy atom. The molecule has 1 aliphatic carbocycles. The number of nitrogens with one attached hydrogen (secondary N) is 1. The van der Waals surface area contributed by atoms with Crippen molar-refractivity contribution in [2.75, 3.05) is 19.3 Å². The van der Waals surface area contributed by atoms with Crippen LogP contribution in [-0.2, 0) is 0 Å². The van der Waals surface area contributed by atoms with E-state index in [9.17, 15) is 13.2 Å². The van der Waals surface area contributed by atoms with Crippen molar-refractivity contribution in [3.63, 3.8) is 0 Å². The zero-order valence-corrected chi connectivity index (χ0v) is 10.1. The summed E-state index contributed by atoms with van der Waals surface area (Å²) in [6.45, 7) is 0.132. The van der Waals surface area contributed by atoms with Crippen LogP contribution in [0.25, 0.3) is 0 Å². The van der Waals surface area contributed by atoms with Crippen molar-refractivity contribution in [1.82, 2.24) is 5.32 Å². The molecule has 0 aromatic rings. The van der Waals surface area contributed by atoms with Gasteiger partial charge in [0.25, 0.3) is 0 Å². The Kier molecular flexibility index (Phi) is 4.94. The maximum atomic E-state index is 12.0. The Bertz CT molecular complexity index is 217. The number of aliphatic hydroxyl groups excluding tert-OH is 1. The summed E-state index contributed by atoms with van der Waals surface area (Å²) < 4.78 is 36.2. The van der Waals surface area contributed by atoms with E-state index in [1.54, 1.807) is 11.8 Å². The molecule has 0 saturated heterocycles. The molecule has 0 aromatic carbocycles. The second-order valence-electron chi connectivity index (χ2n) is 4.28. The van der Waals surface area contributed by atoms with Crippen molar-refractivity contribution >= 4 is 11.8 Å². The minimum Gasteiger partial charge on any atom is -0.382 e. The van der Waals surface area contributed by atoms with Gasteiger partial charge in [-0.15, -0.1) is 0 Å². The van der Waals surface area contributed by atoms with Crippen LogP contribution in [0.3, 0.4) is 0 Å². The van der Waals surface area contributed by atoms with Gasteiger partial charge in [0.05, 0.1) is 0 Å². The summed E-state index contributed by atoms with van der Waals surface area (Å²) in [4.78, 5) is 0. The maximum Gasteiger partial charge on any atom is 0.415 e. The number of rotatable bonds is 5. The predicted molar refractivity (Wildman–Crippen MR) is 59.6 cm³/mol. The van der Waals surface area contributed by atoms with E-state index in [2.05, 4.69) is 5.32 Å². The van der Waals surface area contributed by atoms with E-state index in [0.717, 1.165) is 25.7 Å². The van der Waals surface area contributed by atoms with Crippen LogP contribution in [0.5, 0.6) is 0 Å². The molecule has 0 bridgehead atoms. The molecule has 1 fully saturated rings. The van der Waals surface area contributed by atoms with Crippen molar-refractivity contribution in [3.05, 3.63) is 0 Å². The lowest BCUT2D eigenvalue weighted by Crippen LogP contribution is -2.43. The first-order valence-corrected chi connectivity index (χ1v) is 6.63. The Labute approximate surface area is 98.0 Å². The molecule has 0 amide bonds. The molecule has 0 heterocycles. The van der Waals surface area contributed by atoms with E-state index in [4.69, 9.17) is 5.11 Å². The summed E-state index contributed by atoms with van der Waals surface area (Å²) in [7, 11) is 0. The highest BCUT2D eigenvalue weighted by atomic mass is 32.2. The average molecular weight is 257 g/mol. The molecule has 0 aliphatic heterocycles. The third-order valence-corrected chi connectivity index (χ3v) is 4.53. The zero-order valence-electron chi connectivity index (χ0n) is 9.31. The summed E-state index contributed by atoms with van der Waals surface area (Å²) in [5.74, 6) is 0. The molecular formula is C10H18F3NOS. The molecule has 0 aromatic heterocycles. The molecule has 2 N–H and O–H groups in total. The van der Waals surface area contributed by atoms with Gasteiger partial charge in [-0.05, 0) is 19.1 Å². The van der Waals surface area contributed by atoms with Gasteiger partial charge in [0.15, 0.2) is 6.10 Å². The molecule has 1 atom stereocenters.